The molecule has 2 N–H and O–H groups in total. The molecular weight excluding hydrogens is 348 g/mol. The van der Waals surface area contributed by atoms with E-state index in [0.717, 1.165) is 22.2 Å². The van der Waals surface area contributed by atoms with Crippen LogP contribution in [0.4, 0.5) is 0 Å². The van der Waals surface area contributed by atoms with Crippen molar-refractivity contribution in [1.82, 2.24) is 19.3 Å². The van der Waals surface area contributed by atoms with E-state index in [1.54, 1.807) is 10.6 Å². The Morgan fingerprint density at radius 2 is 1.85 bits per heavy atom. The largest absolute Gasteiger partial charge is 0.508 e. The number of phenolic OH excluding ortho intramolecular Hbond substituents is 2. The Labute approximate surface area is 155 Å². The van der Waals surface area contributed by atoms with E-state index in [0.29, 0.717) is 23.0 Å². The Kier molecular flexibility index (Phi) is 3.88. The van der Waals surface area contributed by atoms with Gasteiger partial charge < -0.3 is 14.8 Å². The van der Waals surface area contributed by atoms with Crippen LogP contribution in [0.3, 0.4) is 0 Å². The SMILES string of the molecule is CCc1cc(-c2nnc(S)n2-c2ccc3c(ccn3C)c2)c(O)cc1O. The smallest absolute Gasteiger partial charge is 0.193 e. The van der Waals surface area contributed by atoms with Gasteiger partial charge >= 0.3 is 0 Å². The van der Waals surface area contributed by atoms with Crippen molar-refractivity contribution in [2.75, 3.05) is 0 Å². The quantitative estimate of drug-likeness (QED) is 0.483. The molecule has 0 bridgehead atoms. The first-order valence-corrected chi connectivity index (χ1v) is 8.69. The van der Waals surface area contributed by atoms with Gasteiger partial charge in [-0.15, -0.1) is 22.8 Å². The zero-order valence-corrected chi connectivity index (χ0v) is 15.3. The minimum Gasteiger partial charge on any atom is -0.508 e. The van der Waals surface area contributed by atoms with Crippen molar-refractivity contribution in [1.29, 1.82) is 0 Å². The Morgan fingerprint density at radius 1 is 1.04 bits per heavy atom. The molecule has 0 atom stereocenters. The molecule has 2 heterocycles. The van der Waals surface area contributed by atoms with Gasteiger partial charge in [0.05, 0.1) is 11.3 Å². The molecule has 2 aromatic carbocycles. The number of nitrogens with zero attached hydrogens (tertiary/aromatic N) is 4. The summed E-state index contributed by atoms with van der Waals surface area (Å²) in [6.07, 6.45) is 2.64. The standard InChI is InChI=1S/C19H18N4O2S/c1-3-11-9-14(17(25)10-16(11)24)18-20-21-19(26)23(18)13-4-5-15-12(8-13)6-7-22(15)2/h4-10,24-25H,3H2,1-2H3,(H,21,26). The zero-order valence-electron chi connectivity index (χ0n) is 14.4. The molecule has 0 aliphatic rings. The first kappa shape index (κ1) is 16.5. The summed E-state index contributed by atoms with van der Waals surface area (Å²) in [4.78, 5) is 0. The Balaban J connectivity index is 1.93. The van der Waals surface area contributed by atoms with Crippen LogP contribution in [0.25, 0.3) is 28.0 Å². The third-order valence-corrected chi connectivity index (χ3v) is 4.88. The summed E-state index contributed by atoms with van der Waals surface area (Å²) in [5, 5.41) is 30.1. The molecule has 4 aromatic rings. The van der Waals surface area contributed by atoms with E-state index in [2.05, 4.69) is 22.8 Å². The fraction of sp³-hybridized carbons (Fsp3) is 0.158. The van der Waals surface area contributed by atoms with Gasteiger partial charge in [-0.05, 0) is 42.3 Å². The number of aryl methyl sites for hydroxylation is 2. The van der Waals surface area contributed by atoms with E-state index < -0.39 is 0 Å². The molecule has 0 amide bonds. The highest BCUT2D eigenvalue weighted by molar-refractivity contribution is 7.80. The number of thiol groups is 1. The second-order valence-electron chi connectivity index (χ2n) is 6.18. The predicted octanol–water partition coefficient (Wildman–Crippen LogP) is 3.69. The Bertz CT molecular complexity index is 1130. The lowest BCUT2D eigenvalue weighted by molar-refractivity contribution is 0.447. The number of hydrogen-bond donors (Lipinski definition) is 3. The topological polar surface area (TPSA) is 76.1 Å². The van der Waals surface area contributed by atoms with Crippen LogP contribution in [-0.2, 0) is 13.5 Å². The number of aromatic hydroxyl groups is 2. The summed E-state index contributed by atoms with van der Waals surface area (Å²) in [6, 6.07) is 11.1. The number of rotatable bonds is 3. The van der Waals surface area contributed by atoms with Crippen LogP contribution in [0.15, 0.2) is 47.8 Å². The summed E-state index contributed by atoms with van der Waals surface area (Å²) in [5.74, 6) is 0.483. The van der Waals surface area contributed by atoms with Gasteiger partial charge in [0.15, 0.2) is 11.0 Å². The van der Waals surface area contributed by atoms with Crippen molar-refractivity contribution in [3.63, 3.8) is 0 Å². The molecule has 0 aliphatic heterocycles. The third-order valence-electron chi connectivity index (χ3n) is 4.59. The maximum atomic E-state index is 10.4. The summed E-state index contributed by atoms with van der Waals surface area (Å²) < 4.78 is 3.83. The van der Waals surface area contributed by atoms with Crippen molar-refractivity contribution in [3.05, 3.63) is 48.2 Å². The van der Waals surface area contributed by atoms with E-state index >= 15 is 0 Å². The van der Waals surface area contributed by atoms with Gasteiger partial charge in [-0.25, -0.2) is 0 Å². The molecule has 0 unspecified atom stereocenters. The molecule has 0 saturated carbocycles. The van der Waals surface area contributed by atoms with Gasteiger partial charge in [-0.1, -0.05) is 6.92 Å². The molecule has 6 nitrogen and oxygen atoms in total. The van der Waals surface area contributed by atoms with Crippen LogP contribution in [0.2, 0.25) is 0 Å². The molecule has 4 rings (SSSR count). The second-order valence-corrected chi connectivity index (χ2v) is 6.58. The number of phenols is 2. The first-order chi connectivity index (χ1) is 12.5. The molecule has 0 aliphatic carbocycles. The molecule has 2 aromatic heterocycles. The lowest BCUT2D eigenvalue weighted by atomic mass is 10.1. The van der Waals surface area contributed by atoms with Crippen molar-refractivity contribution in [3.8, 4) is 28.6 Å². The van der Waals surface area contributed by atoms with E-state index in [-0.39, 0.29) is 11.5 Å². The van der Waals surface area contributed by atoms with Crippen molar-refractivity contribution < 1.29 is 10.2 Å². The Hall–Kier alpha value is -2.93. The fourth-order valence-electron chi connectivity index (χ4n) is 3.18. The van der Waals surface area contributed by atoms with Crippen molar-refractivity contribution in [2.45, 2.75) is 18.5 Å². The van der Waals surface area contributed by atoms with Crippen molar-refractivity contribution in [2.24, 2.45) is 7.05 Å². The van der Waals surface area contributed by atoms with Gasteiger partial charge in [0.1, 0.15) is 11.5 Å². The maximum Gasteiger partial charge on any atom is 0.193 e. The van der Waals surface area contributed by atoms with Crippen LogP contribution in [0, 0.1) is 0 Å². The highest BCUT2D eigenvalue weighted by Gasteiger charge is 2.19. The minimum absolute atomic E-state index is 0.0533. The highest BCUT2D eigenvalue weighted by Crippen LogP contribution is 2.36. The molecule has 7 heteroatoms. The van der Waals surface area contributed by atoms with E-state index in [9.17, 15) is 10.2 Å². The average Bonchev–Trinajstić information content (AvgIpc) is 3.18. The average molecular weight is 366 g/mol. The molecule has 132 valence electrons. The van der Waals surface area contributed by atoms with E-state index in [1.165, 1.54) is 6.07 Å². The van der Waals surface area contributed by atoms with E-state index in [1.807, 2.05) is 49.0 Å². The van der Waals surface area contributed by atoms with Gasteiger partial charge in [0.25, 0.3) is 0 Å². The van der Waals surface area contributed by atoms with Crippen LogP contribution in [-0.4, -0.2) is 29.5 Å². The van der Waals surface area contributed by atoms with Gasteiger partial charge in [0, 0.05) is 30.2 Å². The van der Waals surface area contributed by atoms with Crippen LogP contribution in [0.5, 0.6) is 11.5 Å². The molecule has 0 radical (unpaired) electrons. The zero-order chi connectivity index (χ0) is 18.4. The molecular formula is C19H18N4O2S. The monoisotopic (exact) mass is 366 g/mol. The number of fused-ring (bicyclic) bond motifs is 1. The van der Waals surface area contributed by atoms with Gasteiger partial charge in [-0.3, -0.25) is 4.57 Å². The normalized spacial score (nSPS) is 11.3. The van der Waals surface area contributed by atoms with Gasteiger partial charge in [-0.2, -0.15) is 0 Å². The Morgan fingerprint density at radius 3 is 2.62 bits per heavy atom. The number of aromatic nitrogens is 4. The van der Waals surface area contributed by atoms with Crippen molar-refractivity contribution >= 4 is 23.5 Å². The number of hydrogen-bond acceptors (Lipinski definition) is 5. The van der Waals surface area contributed by atoms with Crippen LogP contribution >= 0.6 is 12.6 Å². The van der Waals surface area contributed by atoms with Crippen LogP contribution < -0.4 is 0 Å². The first-order valence-electron chi connectivity index (χ1n) is 8.24. The second kappa shape index (κ2) is 6.10. The maximum absolute atomic E-state index is 10.4. The summed E-state index contributed by atoms with van der Waals surface area (Å²) >= 11 is 4.44. The summed E-state index contributed by atoms with van der Waals surface area (Å²) in [5.41, 5.74) is 3.19. The minimum atomic E-state index is -0.0533. The van der Waals surface area contributed by atoms with Gasteiger partial charge in [0.2, 0.25) is 0 Å². The molecule has 0 saturated heterocycles. The predicted molar refractivity (Wildman–Crippen MR) is 103 cm³/mol. The number of benzene rings is 2. The molecule has 0 spiro atoms. The third kappa shape index (κ3) is 2.52. The lowest BCUT2D eigenvalue weighted by Gasteiger charge is -2.12. The lowest BCUT2D eigenvalue weighted by Crippen LogP contribution is -1.99. The summed E-state index contributed by atoms with van der Waals surface area (Å²) in [6.45, 7) is 1.94. The van der Waals surface area contributed by atoms with Crippen LogP contribution in [0.1, 0.15) is 12.5 Å². The summed E-state index contributed by atoms with van der Waals surface area (Å²) in [7, 11) is 2.00. The molecule has 26 heavy (non-hydrogen) atoms. The van der Waals surface area contributed by atoms with E-state index in [4.69, 9.17) is 0 Å². The fourth-order valence-corrected chi connectivity index (χ4v) is 3.44. The molecule has 0 fully saturated rings. The highest BCUT2D eigenvalue weighted by atomic mass is 32.1.